The van der Waals surface area contributed by atoms with Gasteiger partial charge in [-0.15, -0.1) is 0 Å². The molecule has 0 saturated heterocycles. The molecule has 0 bridgehead atoms. The Labute approximate surface area is 184 Å². The second-order valence-corrected chi connectivity index (χ2v) is 9.12. The summed E-state index contributed by atoms with van der Waals surface area (Å²) in [6.07, 6.45) is 3.72. The Kier molecular flexibility index (Phi) is 8.74. The maximum Gasteiger partial charge on any atom is 0.349 e. The van der Waals surface area contributed by atoms with E-state index in [2.05, 4.69) is 0 Å². The third-order valence-electron chi connectivity index (χ3n) is 4.26. The molecule has 2 rings (SSSR count). The molecule has 0 radical (unpaired) electrons. The van der Waals surface area contributed by atoms with E-state index in [-0.39, 0.29) is 5.75 Å². The van der Waals surface area contributed by atoms with Crippen molar-refractivity contribution in [2.45, 2.75) is 45.6 Å². The zero-order chi connectivity index (χ0) is 22.9. The quantitative estimate of drug-likeness (QED) is 0.273. The van der Waals surface area contributed by atoms with Gasteiger partial charge in [-0.05, 0) is 82.0 Å². The van der Waals surface area contributed by atoms with Crippen LogP contribution in [0.2, 0.25) is 0 Å². The molecule has 7 nitrogen and oxygen atoms in total. The zero-order valence-electron chi connectivity index (χ0n) is 18.4. The zero-order valence-corrected chi connectivity index (χ0v) is 19.2. The summed E-state index contributed by atoms with van der Waals surface area (Å²) < 4.78 is 43.5. The van der Waals surface area contributed by atoms with Crippen LogP contribution in [0.5, 0.6) is 17.2 Å². The van der Waals surface area contributed by atoms with Crippen molar-refractivity contribution in [3.05, 3.63) is 54.1 Å². The number of aryl methyl sites for hydroxylation is 1. The second kappa shape index (κ2) is 11.0. The highest BCUT2D eigenvalue weighted by Crippen LogP contribution is 2.21. The van der Waals surface area contributed by atoms with Crippen molar-refractivity contribution in [2.75, 3.05) is 19.5 Å². The summed E-state index contributed by atoms with van der Waals surface area (Å²) in [5.41, 5.74) is 0.132. The summed E-state index contributed by atoms with van der Waals surface area (Å²) in [5.74, 6) is 1.14. The van der Waals surface area contributed by atoms with Gasteiger partial charge in [0.2, 0.25) is 0 Å². The number of benzene rings is 2. The van der Waals surface area contributed by atoms with Crippen molar-refractivity contribution in [2.24, 2.45) is 0 Å². The molecular weight excluding hydrogens is 420 g/mol. The van der Waals surface area contributed by atoms with E-state index in [9.17, 15) is 13.2 Å². The van der Waals surface area contributed by atoms with Crippen molar-refractivity contribution >= 4 is 16.1 Å². The highest BCUT2D eigenvalue weighted by atomic mass is 32.2. The molecule has 0 aliphatic carbocycles. The first kappa shape index (κ1) is 24.5. The molecule has 0 fully saturated rings. The fourth-order valence-electron chi connectivity index (χ4n) is 2.75. The molecule has 0 heterocycles. The van der Waals surface area contributed by atoms with E-state index in [1.54, 1.807) is 45.0 Å². The third-order valence-corrected chi connectivity index (χ3v) is 4.76. The lowest BCUT2D eigenvalue weighted by atomic mass is 10.1. The minimum absolute atomic E-state index is 0.257. The van der Waals surface area contributed by atoms with Gasteiger partial charge in [0.15, 0.2) is 5.60 Å². The Morgan fingerprint density at radius 1 is 0.903 bits per heavy atom. The second-order valence-electron chi connectivity index (χ2n) is 7.54. The van der Waals surface area contributed by atoms with E-state index in [0.29, 0.717) is 24.7 Å². The largest absolute Gasteiger partial charge is 0.494 e. The minimum Gasteiger partial charge on any atom is -0.494 e. The van der Waals surface area contributed by atoms with Gasteiger partial charge in [-0.1, -0.05) is 12.1 Å². The SMILES string of the molecule is CCOC(=O)C(C)(C)Oc1ccc(CCCCOc2ccc(OS(C)(=O)=O)cc2)cc1. The summed E-state index contributed by atoms with van der Waals surface area (Å²) in [6, 6.07) is 14.1. The first-order valence-corrected chi connectivity index (χ1v) is 12.0. The van der Waals surface area contributed by atoms with Gasteiger partial charge in [0.1, 0.15) is 17.2 Å². The molecule has 0 amide bonds. The van der Waals surface area contributed by atoms with E-state index in [1.807, 2.05) is 24.3 Å². The number of carbonyl (C=O) groups excluding carboxylic acids is 1. The molecule has 31 heavy (non-hydrogen) atoms. The first-order chi connectivity index (χ1) is 14.6. The number of carbonyl (C=O) groups is 1. The minimum atomic E-state index is -3.53. The van der Waals surface area contributed by atoms with Crippen LogP contribution in [0.15, 0.2) is 48.5 Å². The summed E-state index contributed by atoms with van der Waals surface area (Å²) in [4.78, 5) is 11.9. The number of rotatable bonds is 12. The van der Waals surface area contributed by atoms with Gasteiger partial charge in [0, 0.05) is 0 Å². The van der Waals surface area contributed by atoms with Crippen molar-refractivity contribution in [1.29, 1.82) is 0 Å². The maximum absolute atomic E-state index is 11.9. The monoisotopic (exact) mass is 450 g/mol. The van der Waals surface area contributed by atoms with Crippen LogP contribution in [0, 0.1) is 0 Å². The summed E-state index contributed by atoms with van der Waals surface area (Å²) in [6.45, 7) is 6.01. The lowest BCUT2D eigenvalue weighted by molar-refractivity contribution is -0.158. The van der Waals surface area contributed by atoms with Crippen LogP contribution in [-0.2, 0) is 26.1 Å². The molecule has 2 aromatic rings. The Morgan fingerprint density at radius 2 is 1.48 bits per heavy atom. The Balaban J connectivity index is 1.71. The molecule has 0 unspecified atom stereocenters. The van der Waals surface area contributed by atoms with Crippen molar-refractivity contribution in [3.63, 3.8) is 0 Å². The van der Waals surface area contributed by atoms with Crippen molar-refractivity contribution in [3.8, 4) is 17.2 Å². The van der Waals surface area contributed by atoms with Gasteiger partial charge in [-0.2, -0.15) is 8.42 Å². The molecular formula is C23H30O7S. The lowest BCUT2D eigenvalue weighted by Crippen LogP contribution is -2.39. The van der Waals surface area contributed by atoms with Crippen LogP contribution in [0.4, 0.5) is 0 Å². The standard InChI is InChI=1S/C23H30O7S/c1-5-27-22(24)23(2,3)29-20-11-9-18(10-12-20)8-6-7-17-28-19-13-15-21(16-14-19)30-31(4,25)26/h9-16H,5-8,17H2,1-4H3. The number of esters is 1. The average molecular weight is 451 g/mol. The van der Waals surface area contributed by atoms with Crippen LogP contribution >= 0.6 is 0 Å². The number of hydrogen-bond donors (Lipinski definition) is 0. The lowest BCUT2D eigenvalue weighted by Gasteiger charge is -2.24. The van der Waals surface area contributed by atoms with E-state index < -0.39 is 21.7 Å². The summed E-state index contributed by atoms with van der Waals surface area (Å²) in [5, 5.41) is 0. The predicted octanol–water partition coefficient (Wildman–Crippen LogP) is 4.15. The molecule has 2 aromatic carbocycles. The summed E-state index contributed by atoms with van der Waals surface area (Å²) in [7, 11) is -3.53. The van der Waals surface area contributed by atoms with E-state index in [4.69, 9.17) is 18.4 Å². The number of hydrogen-bond acceptors (Lipinski definition) is 7. The molecule has 0 aliphatic rings. The van der Waals surface area contributed by atoms with E-state index >= 15 is 0 Å². The molecule has 0 aromatic heterocycles. The third kappa shape index (κ3) is 8.88. The van der Waals surface area contributed by atoms with E-state index in [0.717, 1.165) is 25.5 Å². The fraction of sp³-hybridized carbons (Fsp3) is 0.435. The molecule has 0 saturated carbocycles. The average Bonchev–Trinajstić information content (AvgIpc) is 2.69. The van der Waals surface area contributed by atoms with Gasteiger partial charge in [-0.25, -0.2) is 4.79 Å². The van der Waals surface area contributed by atoms with Gasteiger partial charge >= 0.3 is 16.1 Å². The smallest absolute Gasteiger partial charge is 0.349 e. The van der Waals surface area contributed by atoms with Crippen LogP contribution in [0.1, 0.15) is 39.2 Å². The number of ether oxygens (including phenoxy) is 3. The van der Waals surface area contributed by atoms with E-state index in [1.165, 1.54) is 5.56 Å². The van der Waals surface area contributed by atoms with Crippen LogP contribution < -0.4 is 13.7 Å². The Bertz CT molecular complexity index is 933. The molecule has 0 spiro atoms. The molecule has 170 valence electrons. The Hall–Kier alpha value is -2.74. The van der Waals surface area contributed by atoms with Gasteiger partial charge in [-0.3, -0.25) is 0 Å². The predicted molar refractivity (Wildman–Crippen MR) is 118 cm³/mol. The highest BCUT2D eigenvalue weighted by molar-refractivity contribution is 7.86. The molecule has 8 heteroatoms. The molecule has 0 aliphatic heterocycles. The Morgan fingerprint density at radius 3 is 2.06 bits per heavy atom. The summed E-state index contributed by atoms with van der Waals surface area (Å²) >= 11 is 0. The fourth-order valence-corrected chi connectivity index (χ4v) is 3.21. The molecule has 0 N–H and O–H groups in total. The van der Waals surface area contributed by atoms with Gasteiger partial charge < -0.3 is 18.4 Å². The first-order valence-electron chi connectivity index (χ1n) is 10.2. The van der Waals surface area contributed by atoms with Gasteiger partial charge in [0.25, 0.3) is 0 Å². The number of unbranched alkanes of at least 4 members (excludes halogenated alkanes) is 1. The van der Waals surface area contributed by atoms with Crippen molar-refractivity contribution in [1.82, 2.24) is 0 Å². The van der Waals surface area contributed by atoms with Crippen LogP contribution in [0.25, 0.3) is 0 Å². The van der Waals surface area contributed by atoms with Crippen LogP contribution in [-0.4, -0.2) is 39.5 Å². The normalized spacial score (nSPS) is 11.6. The van der Waals surface area contributed by atoms with Crippen LogP contribution in [0.3, 0.4) is 0 Å². The highest BCUT2D eigenvalue weighted by Gasteiger charge is 2.31. The van der Waals surface area contributed by atoms with Crippen molar-refractivity contribution < 1.29 is 31.6 Å². The van der Waals surface area contributed by atoms with Gasteiger partial charge in [0.05, 0.1) is 19.5 Å². The topological polar surface area (TPSA) is 88.1 Å². The maximum atomic E-state index is 11.9. The molecule has 0 atom stereocenters.